The van der Waals surface area contributed by atoms with Crippen LogP contribution in [0.2, 0.25) is 0 Å². The Hall–Kier alpha value is -2.00. The fourth-order valence-electron chi connectivity index (χ4n) is 3.47. The van der Waals surface area contributed by atoms with Crippen LogP contribution in [0, 0.1) is 11.8 Å². The topological polar surface area (TPSA) is 109 Å². The van der Waals surface area contributed by atoms with Crippen molar-refractivity contribution in [3.05, 3.63) is 46.7 Å². The quantitative estimate of drug-likeness (QED) is 0.152. The number of hydrogen-bond donors (Lipinski definition) is 3. The van der Waals surface area contributed by atoms with Crippen molar-refractivity contribution in [3.63, 3.8) is 0 Å². The predicted molar refractivity (Wildman–Crippen MR) is 116 cm³/mol. The van der Waals surface area contributed by atoms with Gasteiger partial charge in [0.25, 0.3) is 0 Å². The van der Waals surface area contributed by atoms with E-state index in [-0.39, 0.29) is 24.4 Å². The number of thiophene rings is 1. The van der Waals surface area contributed by atoms with Gasteiger partial charge >= 0.3 is 5.97 Å². The van der Waals surface area contributed by atoms with Crippen LogP contribution in [0.3, 0.4) is 0 Å². The molecule has 0 spiro atoms. The Morgan fingerprint density at radius 3 is 2.97 bits per heavy atom. The zero-order valence-corrected chi connectivity index (χ0v) is 18.0. The Morgan fingerprint density at radius 2 is 2.27 bits per heavy atom. The molecule has 0 aromatic carbocycles. The third kappa shape index (κ3) is 8.02. The highest BCUT2D eigenvalue weighted by atomic mass is 32.1. The van der Waals surface area contributed by atoms with Crippen molar-refractivity contribution in [3.8, 4) is 0 Å². The second-order valence-corrected chi connectivity index (χ2v) is 8.31. The number of aliphatic hydroxyl groups excluding tert-OH is 2. The Kier molecular flexibility index (Phi) is 10.8. The highest BCUT2D eigenvalue weighted by Gasteiger charge is 2.38. The van der Waals surface area contributed by atoms with E-state index in [1.165, 1.54) is 7.11 Å². The van der Waals surface area contributed by atoms with Gasteiger partial charge in [0.1, 0.15) is 0 Å². The maximum absolute atomic E-state index is 11.1. The summed E-state index contributed by atoms with van der Waals surface area (Å²) in [5, 5.41) is 35.2. The van der Waals surface area contributed by atoms with Gasteiger partial charge < -0.3 is 24.9 Å². The summed E-state index contributed by atoms with van der Waals surface area (Å²) in [6.45, 7) is 0.623. The summed E-state index contributed by atoms with van der Waals surface area (Å²) in [4.78, 5) is 12.2. The van der Waals surface area contributed by atoms with Gasteiger partial charge in [-0.05, 0) is 30.7 Å². The molecule has 1 aromatic heterocycles. The molecule has 4 atom stereocenters. The summed E-state index contributed by atoms with van der Waals surface area (Å²) in [6, 6.07) is 3.93. The van der Waals surface area contributed by atoms with Crippen molar-refractivity contribution in [2.24, 2.45) is 17.0 Å². The monoisotopic (exact) mass is 437 g/mol. The number of unbranched alkanes of at least 4 members (excludes halogenated alkanes) is 1. The van der Waals surface area contributed by atoms with Crippen LogP contribution < -0.4 is 0 Å². The summed E-state index contributed by atoms with van der Waals surface area (Å²) in [6.07, 6.45) is 8.75. The Labute approximate surface area is 181 Å². The largest absolute Gasteiger partial charge is 0.469 e. The van der Waals surface area contributed by atoms with Crippen LogP contribution in [0.4, 0.5) is 0 Å². The molecular formula is C22H31NO6S. The summed E-state index contributed by atoms with van der Waals surface area (Å²) in [5.41, 5.74) is 0.509. The molecule has 1 heterocycles. The first-order chi connectivity index (χ1) is 14.5. The van der Waals surface area contributed by atoms with Crippen LogP contribution >= 0.6 is 11.3 Å². The van der Waals surface area contributed by atoms with Crippen LogP contribution in [-0.4, -0.2) is 53.0 Å². The first kappa shape index (κ1) is 24.3. The molecular weight excluding hydrogens is 406 g/mol. The van der Waals surface area contributed by atoms with E-state index in [1.807, 2.05) is 29.7 Å². The van der Waals surface area contributed by atoms with Crippen LogP contribution in [0.1, 0.15) is 37.0 Å². The maximum Gasteiger partial charge on any atom is 0.305 e. The molecule has 2 rings (SSSR count). The fraction of sp³-hybridized carbons (Fsp3) is 0.545. The summed E-state index contributed by atoms with van der Waals surface area (Å²) in [5.74, 6) is -0.610. The number of methoxy groups -OCH3 is 1. The highest BCUT2D eigenvalue weighted by Crippen LogP contribution is 2.34. The van der Waals surface area contributed by atoms with E-state index >= 15 is 0 Å². The normalized spacial score (nSPS) is 24.2. The Morgan fingerprint density at radius 1 is 1.43 bits per heavy atom. The number of carbonyl (C=O) groups excluding carboxylic acids is 1. The standard InChI is InChI=1S/C22H31NO6S/c1-28-22(26)9-5-3-2-4-8-19-18(20(23-27)13-21(19)25)11-10-16(24)14-29-15-17-7-6-12-30-17/h2,4,6-7,10-12,16,18-19,21,24-25,27H,3,5,8-9,13-15H2,1H3/b4-2+,11-10+,23-20-. The molecule has 1 aromatic rings. The zero-order chi connectivity index (χ0) is 21.8. The summed E-state index contributed by atoms with van der Waals surface area (Å²) in [7, 11) is 1.38. The first-order valence-electron chi connectivity index (χ1n) is 10.1. The SMILES string of the molecule is COC(=O)CCC/C=C/CC1C(O)C/C(=N/O)C1/C=C/C(O)COCc1cccs1. The van der Waals surface area contributed by atoms with E-state index < -0.39 is 12.2 Å². The number of ether oxygens (including phenoxy) is 2. The van der Waals surface area contributed by atoms with Crippen molar-refractivity contribution in [2.45, 2.75) is 50.9 Å². The van der Waals surface area contributed by atoms with Crippen molar-refractivity contribution >= 4 is 23.0 Å². The van der Waals surface area contributed by atoms with Gasteiger partial charge in [-0.25, -0.2) is 0 Å². The third-order valence-corrected chi connectivity index (χ3v) is 5.94. The molecule has 0 radical (unpaired) electrons. The average Bonchev–Trinajstić information content (AvgIpc) is 3.36. The number of allylic oxidation sites excluding steroid dienone is 3. The summed E-state index contributed by atoms with van der Waals surface area (Å²) >= 11 is 1.60. The fourth-order valence-corrected chi connectivity index (χ4v) is 4.11. The summed E-state index contributed by atoms with van der Waals surface area (Å²) < 4.78 is 10.1. The van der Waals surface area contributed by atoms with Crippen LogP contribution in [0.5, 0.6) is 0 Å². The van der Waals surface area contributed by atoms with E-state index in [0.717, 1.165) is 11.3 Å². The molecule has 0 aliphatic heterocycles. The zero-order valence-electron chi connectivity index (χ0n) is 17.2. The number of carbonyl (C=O) groups is 1. The van der Waals surface area contributed by atoms with Gasteiger partial charge in [-0.15, -0.1) is 11.3 Å². The van der Waals surface area contributed by atoms with Crippen molar-refractivity contribution in [1.82, 2.24) is 0 Å². The lowest BCUT2D eigenvalue weighted by Crippen LogP contribution is -2.19. The molecule has 1 fully saturated rings. The van der Waals surface area contributed by atoms with E-state index in [2.05, 4.69) is 9.89 Å². The number of oxime groups is 1. The van der Waals surface area contributed by atoms with Crippen LogP contribution in [0.15, 0.2) is 47.0 Å². The average molecular weight is 438 g/mol. The number of nitrogens with zero attached hydrogens (tertiary/aromatic N) is 1. The highest BCUT2D eigenvalue weighted by molar-refractivity contribution is 7.09. The van der Waals surface area contributed by atoms with Gasteiger partial charge in [-0.3, -0.25) is 4.79 Å². The third-order valence-electron chi connectivity index (χ3n) is 5.09. The van der Waals surface area contributed by atoms with Gasteiger partial charge in [0.2, 0.25) is 0 Å². The molecule has 8 heteroatoms. The lowest BCUT2D eigenvalue weighted by atomic mass is 9.90. The molecule has 1 aliphatic carbocycles. The minimum absolute atomic E-state index is 0.136. The van der Waals surface area contributed by atoms with Crippen molar-refractivity contribution in [2.75, 3.05) is 13.7 Å². The maximum atomic E-state index is 11.1. The minimum atomic E-state index is -0.780. The molecule has 0 bridgehead atoms. The Balaban J connectivity index is 1.82. The smallest absolute Gasteiger partial charge is 0.305 e. The molecule has 0 saturated heterocycles. The molecule has 1 saturated carbocycles. The van der Waals surface area contributed by atoms with E-state index in [0.29, 0.717) is 38.0 Å². The van der Waals surface area contributed by atoms with Crippen molar-refractivity contribution < 1.29 is 29.7 Å². The van der Waals surface area contributed by atoms with Gasteiger partial charge in [-0.1, -0.05) is 35.5 Å². The number of hydrogen-bond acceptors (Lipinski definition) is 8. The number of rotatable bonds is 12. The molecule has 0 amide bonds. The molecule has 30 heavy (non-hydrogen) atoms. The number of aliphatic hydroxyl groups is 2. The van der Waals surface area contributed by atoms with E-state index in [9.17, 15) is 20.2 Å². The second-order valence-electron chi connectivity index (χ2n) is 7.27. The molecule has 4 unspecified atom stereocenters. The predicted octanol–water partition coefficient (Wildman–Crippen LogP) is 3.30. The molecule has 7 nitrogen and oxygen atoms in total. The molecule has 3 N–H and O–H groups in total. The van der Waals surface area contributed by atoms with E-state index in [1.54, 1.807) is 23.5 Å². The van der Waals surface area contributed by atoms with Gasteiger partial charge in [0.15, 0.2) is 0 Å². The van der Waals surface area contributed by atoms with Gasteiger partial charge in [0, 0.05) is 29.6 Å². The van der Waals surface area contributed by atoms with E-state index in [4.69, 9.17) is 4.74 Å². The molecule has 166 valence electrons. The lowest BCUT2D eigenvalue weighted by Gasteiger charge is -2.18. The van der Waals surface area contributed by atoms with Gasteiger partial charge in [-0.2, -0.15) is 0 Å². The second kappa shape index (κ2) is 13.3. The lowest BCUT2D eigenvalue weighted by molar-refractivity contribution is -0.140. The van der Waals surface area contributed by atoms with Crippen LogP contribution in [0.25, 0.3) is 0 Å². The van der Waals surface area contributed by atoms with Crippen molar-refractivity contribution in [1.29, 1.82) is 0 Å². The van der Waals surface area contributed by atoms with Gasteiger partial charge in [0.05, 0.1) is 38.2 Å². The molecule has 1 aliphatic rings. The number of esters is 1. The minimum Gasteiger partial charge on any atom is -0.469 e. The Bertz CT molecular complexity index is 715. The van der Waals surface area contributed by atoms with Crippen LogP contribution in [-0.2, 0) is 20.9 Å². The first-order valence-corrected chi connectivity index (χ1v) is 11.0.